The van der Waals surface area contributed by atoms with Gasteiger partial charge in [-0.15, -0.1) is 0 Å². The summed E-state index contributed by atoms with van der Waals surface area (Å²) in [6.07, 6.45) is 0. The number of anilines is 1. The first-order valence-corrected chi connectivity index (χ1v) is 6.79. The first kappa shape index (κ1) is 13.4. The van der Waals surface area contributed by atoms with Crippen molar-refractivity contribution in [3.63, 3.8) is 0 Å². The zero-order chi connectivity index (χ0) is 13.2. The minimum atomic E-state index is 0.224. The van der Waals surface area contributed by atoms with Crippen molar-refractivity contribution in [2.45, 2.75) is 32.2 Å². The van der Waals surface area contributed by atoms with Crippen LogP contribution in [0.2, 0.25) is 0 Å². The lowest BCUT2D eigenvalue weighted by Gasteiger charge is -2.35. The lowest BCUT2D eigenvalue weighted by molar-refractivity contribution is 0.463. The van der Waals surface area contributed by atoms with Crippen molar-refractivity contribution >= 4 is 5.69 Å². The van der Waals surface area contributed by atoms with Gasteiger partial charge in [0.2, 0.25) is 0 Å². The van der Waals surface area contributed by atoms with E-state index in [0.717, 1.165) is 19.6 Å². The summed E-state index contributed by atoms with van der Waals surface area (Å²) < 4.78 is 0. The van der Waals surface area contributed by atoms with Gasteiger partial charge < -0.3 is 16.0 Å². The number of hydrogen-bond acceptors (Lipinski definition) is 3. The number of piperazine rings is 1. The van der Waals surface area contributed by atoms with Gasteiger partial charge in [-0.3, -0.25) is 0 Å². The number of nitrogens with zero attached hydrogens (tertiary/aromatic N) is 1. The van der Waals surface area contributed by atoms with Gasteiger partial charge in [-0.05, 0) is 23.1 Å². The molecule has 2 rings (SSSR count). The molecule has 3 heteroatoms. The standard InChI is InChI=1S/C15H25N3/c1-15(2,3)12-4-6-14(7-5-12)18-9-8-17-13(10-16)11-18/h4-7,13,17H,8-11,16H2,1-3H3. The van der Waals surface area contributed by atoms with Crippen LogP contribution in [-0.2, 0) is 5.41 Å². The van der Waals surface area contributed by atoms with Gasteiger partial charge in [-0.1, -0.05) is 32.9 Å². The Morgan fingerprint density at radius 1 is 1.28 bits per heavy atom. The van der Waals surface area contributed by atoms with E-state index in [0.29, 0.717) is 12.6 Å². The fourth-order valence-corrected chi connectivity index (χ4v) is 2.39. The maximum absolute atomic E-state index is 5.74. The molecule has 0 radical (unpaired) electrons. The van der Waals surface area contributed by atoms with Gasteiger partial charge in [0, 0.05) is 37.9 Å². The van der Waals surface area contributed by atoms with E-state index in [1.807, 2.05) is 0 Å². The van der Waals surface area contributed by atoms with Gasteiger partial charge in [0.15, 0.2) is 0 Å². The molecule has 1 aliphatic heterocycles. The summed E-state index contributed by atoms with van der Waals surface area (Å²) in [4.78, 5) is 2.42. The van der Waals surface area contributed by atoms with Gasteiger partial charge >= 0.3 is 0 Å². The van der Waals surface area contributed by atoms with E-state index >= 15 is 0 Å². The van der Waals surface area contributed by atoms with E-state index in [2.05, 4.69) is 55.3 Å². The molecule has 1 fully saturated rings. The van der Waals surface area contributed by atoms with Crippen LogP contribution < -0.4 is 16.0 Å². The van der Waals surface area contributed by atoms with Gasteiger partial charge in [-0.2, -0.15) is 0 Å². The second-order valence-electron chi connectivity index (χ2n) is 6.13. The monoisotopic (exact) mass is 247 g/mol. The third-order valence-electron chi connectivity index (χ3n) is 3.64. The van der Waals surface area contributed by atoms with E-state index in [-0.39, 0.29) is 5.41 Å². The van der Waals surface area contributed by atoms with Crippen molar-refractivity contribution in [2.75, 3.05) is 31.1 Å². The van der Waals surface area contributed by atoms with E-state index in [1.54, 1.807) is 0 Å². The van der Waals surface area contributed by atoms with E-state index in [1.165, 1.54) is 11.3 Å². The van der Waals surface area contributed by atoms with Crippen molar-refractivity contribution in [1.29, 1.82) is 0 Å². The Labute approximate surface area is 110 Å². The molecule has 1 aromatic rings. The SMILES string of the molecule is CC(C)(C)c1ccc(N2CCNC(CN)C2)cc1. The van der Waals surface area contributed by atoms with Crippen LogP contribution in [0.1, 0.15) is 26.3 Å². The molecule has 3 N–H and O–H groups in total. The second-order valence-corrected chi connectivity index (χ2v) is 6.13. The fourth-order valence-electron chi connectivity index (χ4n) is 2.39. The molecule has 100 valence electrons. The Kier molecular flexibility index (Phi) is 3.93. The largest absolute Gasteiger partial charge is 0.369 e. The highest BCUT2D eigenvalue weighted by atomic mass is 15.2. The molecule has 0 saturated carbocycles. The molecule has 0 aliphatic carbocycles. The maximum atomic E-state index is 5.74. The maximum Gasteiger partial charge on any atom is 0.0367 e. The summed E-state index contributed by atoms with van der Waals surface area (Å²) in [7, 11) is 0. The van der Waals surface area contributed by atoms with Crippen LogP contribution in [0.5, 0.6) is 0 Å². The number of rotatable bonds is 2. The first-order valence-electron chi connectivity index (χ1n) is 6.79. The topological polar surface area (TPSA) is 41.3 Å². The lowest BCUT2D eigenvalue weighted by atomic mass is 9.87. The molecule has 1 aliphatic rings. The van der Waals surface area contributed by atoms with Crippen LogP contribution in [0.25, 0.3) is 0 Å². The Bertz CT molecular complexity index is 378. The molecule has 0 spiro atoms. The van der Waals surface area contributed by atoms with Crippen molar-refractivity contribution in [1.82, 2.24) is 5.32 Å². The number of nitrogens with two attached hydrogens (primary N) is 1. The van der Waals surface area contributed by atoms with Gasteiger partial charge in [-0.25, -0.2) is 0 Å². The predicted molar refractivity (Wildman–Crippen MR) is 78.2 cm³/mol. The van der Waals surface area contributed by atoms with Crippen molar-refractivity contribution in [3.05, 3.63) is 29.8 Å². The Hall–Kier alpha value is -1.06. The smallest absolute Gasteiger partial charge is 0.0367 e. The molecule has 1 heterocycles. The average molecular weight is 247 g/mol. The zero-order valence-corrected chi connectivity index (χ0v) is 11.7. The van der Waals surface area contributed by atoms with E-state index in [9.17, 15) is 0 Å². The van der Waals surface area contributed by atoms with Crippen molar-refractivity contribution < 1.29 is 0 Å². The van der Waals surface area contributed by atoms with E-state index < -0.39 is 0 Å². The number of hydrogen-bond donors (Lipinski definition) is 2. The number of nitrogens with one attached hydrogen (secondary N) is 1. The van der Waals surface area contributed by atoms with Gasteiger partial charge in [0.25, 0.3) is 0 Å². The van der Waals surface area contributed by atoms with Gasteiger partial charge in [0.05, 0.1) is 0 Å². The minimum Gasteiger partial charge on any atom is -0.369 e. The quantitative estimate of drug-likeness (QED) is 0.836. The Morgan fingerprint density at radius 2 is 1.94 bits per heavy atom. The third-order valence-corrected chi connectivity index (χ3v) is 3.64. The molecule has 1 unspecified atom stereocenters. The summed E-state index contributed by atoms with van der Waals surface area (Å²) >= 11 is 0. The van der Waals surface area contributed by atoms with Crippen LogP contribution in [0.3, 0.4) is 0 Å². The summed E-state index contributed by atoms with van der Waals surface area (Å²) in [6, 6.07) is 9.38. The molecule has 0 amide bonds. The molecular formula is C15H25N3. The highest BCUT2D eigenvalue weighted by molar-refractivity contribution is 5.49. The molecule has 3 nitrogen and oxygen atoms in total. The van der Waals surface area contributed by atoms with E-state index in [4.69, 9.17) is 5.73 Å². The Morgan fingerprint density at radius 3 is 2.50 bits per heavy atom. The molecule has 0 bridgehead atoms. The van der Waals surface area contributed by atoms with Crippen molar-refractivity contribution in [2.24, 2.45) is 5.73 Å². The fraction of sp³-hybridized carbons (Fsp3) is 0.600. The molecule has 0 aromatic heterocycles. The van der Waals surface area contributed by atoms with Crippen LogP contribution in [0.15, 0.2) is 24.3 Å². The molecule has 18 heavy (non-hydrogen) atoms. The molecule has 1 atom stereocenters. The number of benzene rings is 1. The first-order chi connectivity index (χ1) is 8.50. The van der Waals surface area contributed by atoms with Crippen molar-refractivity contribution in [3.8, 4) is 0 Å². The van der Waals surface area contributed by atoms with Crippen LogP contribution in [0.4, 0.5) is 5.69 Å². The molecule has 1 saturated heterocycles. The molecular weight excluding hydrogens is 222 g/mol. The van der Waals surface area contributed by atoms with Crippen LogP contribution >= 0.6 is 0 Å². The highest BCUT2D eigenvalue weighted by Gasteiger charge is 2.19. The third kappa shape index (κ3) is 3.03. The zero-order valence-electron chi connectivity index (χ0n) is 11.7. The predicted octanol–water partition coefficient (Wildman–Crippen LogP) is 1.72. The second kappa shape index (κ2) is 5.29. The lowest BCUT2D eigenvalue weighted by Crippen LogP contribution is -2.53. The van der Waals surface area contributed by atoms with Crippen LogP contribution in [0, 0.1) is 0 Å². The molecule has 1 aromatic carbocycles. The normalized spacial score (nSPS) is 21.1. The average Bonchev–Trinajstić information content (AvgIpc) is 2.38. The van der Waals surface area contributed by atoms with Gasteiger partial charge in [0.1, 0.15) is 0 Å². The highest BCUT2D eigenvalue weighted by Crippen LogP contribution is 2.25. The summed E-state index contributed by atoms with van der Waals surface area (Å²) in [5.41, 5.74) is 8.65. The minimum absolute atomic E-state index is 0.224. The Balaban J connectivity index is 2.09. The summed E-state index contributed by atoms with van der Waals surface area (Å²) in [5, 5.41) is 3.44. The summed E-state index contributed by atoms with van der Waals surface area (Å²) in [5.74, 6) is 0. The summed E-state index contributed by atoms with van der Waals surface area (Å²) in [6.45, 7) is 10.5. The van der Waals surface area contributed by atoms with Crippen LogP contribution in [-0.4, -0.2) is 32.2 Å².